The Hall–Kier alpha value is -1.78. The number of guanidine groups is 1. The van der Waals surface area contributed by atoms with Crippen molar-refractivity contribution in [2.75, 3.05) is 24.5 Å². The number of nitrogens with zero attached hydrogens (tertiary/aromatic N) is 3. The normalized spacial score (nSPS) is 19.5. The summed E-state index contributed by atoms with van der Waals surface area (Å²) in [4.78, 5) is 11.7. The molecule has 1 aromatic rings. The van der Waals surface area contributed by atoms with Crippen LogP contribution in [0.2, 0.25) is 0 Å². The lowest BCUT2D eigenvalue weighted by atomic mass is 9.96. The quantitative estimate of drug-likeness (QED) is 0.644. The fourth-order valence-electron chi connectivity index (χ4n) is 3.61. The molecule has 5 heteroatoms. The van der Waals surface area contributed by atoms with Crippen LogP contribution in [-0.4, -0.2) is 36.6 Å². The molecule has 3 rings (SSSR count). The summed E-state index contributed by atoms with van der Waals surface area (Å²) in [6, 6.07) is 4.85. The Labute approximate surface area is 146 Å². The molecule has 0 aromatic carbocycles. The molecule has 0 atom stereocenters. The fraction of sp³-hybridized carbons (Fsp3) is 0.684. The summed E-state index contributed by atoms with van der Waals surface area (Å²) >= 11 is 0. The number of hydrogen-bond acceptors (Lipinski definition) is 3. The van der Waals surface area contributed by atoms with Gasteiger partial charge >= 0.3 is 0 Å². The maximum absolute atomic E-state index is 4.79. The Balaban J connectivity index is 1.61. The van der Waals surface area contributed by atoms with Crippen molar-refractivity contribution >= 4 is 11.8 Å². The number of rotatable bonds is 5. The number of aliphatic imine (C=N–C) groups is 1. The molecule has 2 N–H and O–H groups in total. The van der Waals surface area contributed by atoms with Crippen LogP contribution in [0.4, 0.5) is 5.82 Å². The highest BCUT2D eigenvalue weighted by Gasteiger charge is 2.15. The lowest BCUT2D eigenvalue weighted by molar-refractivity contribution is 0.410. The van der Waals surface area contributed by atoms with Gasteiger partial charge in [0, 0.05) is 31.9 Å². The van der Waals surface area contributed by atoms with Gasteiger partial charge in [-0.25, -0.2) is 9.98 Å². The molecule has 0 spiro atoms. The average molecular weight is 329 g/mol. The summed E-state index contributed by atoms with van der Waals surface area (Å²) in [5.74, 6) is 2.05. The van der Waals surface area contributed by atoms with Gasteiger partial charge in [-0.3, -0.25) is 0 Å². The zero-order valence-corrected chi connectivity index (χ0v) is 14.9. The molecule has 0 bridgehead atoms. The number of hydrogen-bond donors (Lipinski definition) is 2. The smallest absolute Gasteiger partial charge is 0.191 e. The zero-order chi connectivity index (χ0) is 16.6. The van der Waals surface area contributed by atoms with Gasteiger partial charge in [-0.1, -0.05) is 19.3 Å². The molecule has 0 amide bonds. The molecule has 1 aromatic heterocycles. The second kappa shape index (κ2) is 8.90. The fourth-order valence-corrected chi connectivity index (χ4v) is 3.61. The zero-order valence-electron chi connectivity index (χ0n) is 14.9. The van der Waals surface area contributed by atoms with Crippen LogP contribution in [-0.2, 0) is 6.54 Å². The molecule has 132 valence electrons. The number of nitrogens with one attached hydrogen (secondary N) is 2. The van der Waals surface area contributed by atoms with Gasteiger partial charge in [-0.05, 0) is 50.3 Å². The molecule has 24 heavy (non-hydrogen) atoms. The monoisotopic (exact) mass is 329 g/mol. The summed E-state index contributed by atoms with van der Waals surface area (Å²) in [7, 11) is 0. The van der Waals surface area contributed by atoms with Crippen LogP contribution in [0.1, 0.15) is 57.4 Å². The van der Waals surface area contributed by atoms with Crippen molar-refractivity contribution in [1.82, 2.24) is 15.6 Å². The molecular weight excluding hydrogens is 298 g/mol. The summed E-state index contributed by atoms with van der Waals surface area (Å²) in [6.45, 7) is 5.98. The van der Waals surface area contributed by atoms with E-state index >= 15 is 0 Å². The topological polar surface area (TPSA) is 52.6 Å². The molecule has 1 saturated heterocycles. The van der Waals surface area contributed by atoms with E-state index in [1.54, 1.807) is 0 Å². The summed E-state index contributed by atoms with van der Waals surface area (Å²) in [5.41, 5.74) is 1.23. The predicted molar refractivity (Wildman–Crippen MR) is 101 cm³/mol. The van der Waals surface area contributed by atoms with Gasteiger partial charge < -0.3 is 15.5 Å². The van der Waals surface area contributed by atoms with Crippen LogP contribution < -0.4 is 15.5 Å². The van der Waals surface area contributed by atoms with Crippen molar-refractivity contribution in [3.05, 3.63) is 23.9 Å². The lowest BCUT2D eigenvalue weighted by Crippen LogP contribution is -2.44. The summed E-state index contributed by atoms with van der Waals surface area (Å²) in [5, 5.41) is 6.99. The maximum atomic E-state index is 4.79. The first-order valence-electron chi connectivity index (χ1n) is 9.60. The first-order valence-corrected chi connectivity index (χ1v) is 9.60. The highest BCUT2D eigenvalue weighted by atomic mass is 15.2. The molecule has 2 fully saturated rings. The summed E-state index contributed by atoms with van der Waals surface area (Å²) < 4.78 is 0. The highest BCUT2D eigenvalue weighted by molar-refractivity contribution is 5.80. The van der Waals surface area contributed by atoms with Crippen molar-refractivity contribution in [2.45, 2.75) is 64.5 Å². The van der Waals surface area contributed by atoms with Crippen LogP contribution >= 0.6 is 0 Å². The summed E-state index contributed by atoms with van der Waals surface area (Å²) in [6.07, 6.45) is 11.0. The van der Waals surface area contributed by atoms with Crippen molar-refractivity contribution in [1.29, 1.82) is 0 Å². The van der Waals surface area contributed by atoms with E-state index in [0.717, 1.165) is 31.4 Å². The Morgan fingerprint density at radius 1 is 1.21 bits per heavy atom. The minimum atomic E-state index is 0.578. The molecule has 5 nitrogen and oxygen atoms in total. The molecule has 0 radical (unpaired) electrons. The van der Waals surface area contributed by atoms with Crippen molar-refractivity contribution in [3.63, 3.8) is 0 Å². The minimum absolute atomic E-state index is 0.578. The number of pyridine rings is 1. The van der Waals surface area contributed by atoms with Crippen LogP contribution in [0.25, 0.3) is 0 Å². The van der Waals surface area contributed by atoms with Crippen LogP contribution in [0.3, 0.4) is 0 Å². The average Bonchev–Trinajstić information content (AvgIpc) is 3.16. The first-order chi connectivity index (χ1) is 11.8. The van der Waals surface area contributed by atoms with Crippen molar-refractivity contribution in [3.8, 4) is 0 Å². The van der Waals surface area contributed by atoms with Gasteiger partial charge in [0.15, 0.2) is 5.96 Å². The van der Waals surface area contributed by atoms with Gasteiger partial charge in [0.05, 0.1) is 6.54 Å². The van der Waals surface area contributed by atoms with Crippen LogP contribution in [0.5, 0.6) is 0 Å². The molecule has 2 aliphatic rings. The van der Waals surface area contributed by atoms with Crippen molar-refractivity contribution < 1.29 is 0 Å². The molecule has 0 unspecified atom stereocenters. The maximum Gasteiger partial charge on any atom is 0.191 e. The first kappa shape index (κ1) is 17.1. The Kier molecular flexibility index (Phi) is 6.33. The molecule has 2 heterocycles. The molecular formula is C19H31N5. The van der Waals surface area contributed by atoms with E-state index in [9.17, 15) is 0 Å². The highest BCUT2D eigenvalue weighted by Crippen LogP contribution is 2.19. The van der Waals surface area contributed by atoms with Gasteiger partial charge in [0.2, 0.25) is 0 Å². The third-order valence-electron chi connectivity index (χ3n) is 4.95. The van der Waals surface area contributed by atoms with Gasteiger partial charge in [0.25, 0.3) is 0 Å². The third kappa shape index (κ3) is 4.86. The number of anilines is 1. The Morgan fingerprint density at radius 2 is 2.00 bits per heavy atom. The van der Waals surface area contributed by atoms with Gasteiger partial charge in [-0.15, -0.1) is 0 Å². The number of aromatic nitrogens is 1. The second-order valence-electron chi connectivity index (χ2n) is 6.89. The van der Waals surface area contributed by atoms with Crippen molar-refractivity contribution in [2.24, 2.45) is 4.99 Å². The SMILES string of the molecule is CCNC(=NCc1ccnc(N2CCCC2)c1)NC1CCCCC1. The minimum Gasteiger partial charge on any atom is -0.357 e. The Morgan fingerprint density at radius 3 is 2.75 bits per heavy atom. The van der Waals surface area contributed by atoms with E-state index in [-0.39, 0.29) is 0 Å². The van der Waals surface area contributed by atoms with E-state index in [1.807, 2.05) is 6.20 Å². The second-order valence-corrected chi connectivity index (χ2v) is 6.89. The van der Waals surface area contributed by atoms with E-state index in [0.29, 0.717) is 12.6 Å². The molecule has 1 aliphatic heterocycles. The van der Waals surface area contributed by atoms with E-state index in [4.69, 9.17) is 4.99 Å². The van der Waals surface area contributed by atoms with Gasteiger partial charge in [-0.2, -0.15) is 0 Å². The lowest BCUT2D eigenvalue weighted by Gasteiger charge is -2.25. The standard InChI is InChI=1S/C19H31N5/c1-2-20-19(23-17-8-4-3-5-9-17)22-15-16-10-11-21-18(14-16)24-12-6-7-13-24/h10-11,14,17H,2-9,12-13,15H2,1H3,(H2,20,22,23). The van der Waals surface area contributed by atoms with Crippen LogP contribution in [0.15, 0.2) is 23.3 Å². The van der Waals surface area contributed by atoms with E-state index in [1.165, 1.54) is 50.5 Å². The van der Waals surface area contributed by atoms with E-state index in [2.05, 4.69) is 39.6 Å². The van der Waals surface area contributed by atoms with E-state index < -0.39 is 0 Å². The van der Waals surface area contributed by atoms with Crippen LogP contribution in [0, 0.1) is 0 Å². The predicted octanol–water partition coefficient (Wildman–Crippen LogP) is 3.07. The van der Waals surface area contributed by atoms with Gasteiger partial charge in [0.1, 0.15) is 5.82 Å². The molecule has 1 saturated carbocycles. The Bertz CT molecular complexity index is 530. The molecule has 1 aliphatic carbocycles. The third-order valence-corrected chi connectivity index (χ3v) is 4.95. The largest absolute Gasteiger partial charge is 0.357 e.